The molecular formula is C70H114O37. The number of ether oxygens (including phenoxy) is 15. The Morgan fingerprint density at radius 1 is 0.374 bits per heavy atom. The molecule has 5 aliphatic carbocycles. The summed E-state index contributed by atoms with van der Waals surface area (Å²) in [5.41, 5.74) is -3.82. The summed E-state index contributed by atoms with van der Waals surface area (Å²) >= 11 is 0. The van der Waals surface area contributed by atoms with Crippen LogP contribution in [0.5, 0.6) is 0 Å². The zero-order chi connectivity index (χ0) is 77.6. The van der Waals surface area contributed by atoms with E-state index < -0.39 is 288 Å². The Morgan fingerprint density at radius 2 is 0.841 bits per heavy atom. The van der Waals surface area contributed by atoms with Gasteiger partial charge < -0.3 is 178 Å². The third-order valence-corrected chi connectivity index (χ3v) is 28.1. The standard InChI is InChI=1S/C70H114O37/c1-64(2)14-15-69-34(16-64)70(107-63(69)92)13-9-33-66(5)11-10-36(65(3,4)32(66)8-12-67(33,6)68(70,7)17-35(69)77)101-61-54(105-59-49(90)45(86)40(81)28(20-73)97-59)42(83)31(24-94-61)100-62-55(106-56-46(87)37(78)25(76)23-93-56)52(41(82)29(21-74)98-62)103-60-50(91)53(104-58-48(89)44(85)39(80)27(19-72)96-58)51(30(22-75)99-60)102-57-47(88)43(84)38(79)26(18-71)95-57/h25-62,71-91H,8-24H2,1-7H3/t25-,26-,27-,28-,29-,30-,31+,32+,33-,34-,35?,36+,37+,38-,39-,40-,41-,42+,43+,44+,45+,46-,47-,48-,49-,50-,51-,52+,53-,54-,55-,56+,57+,58+,59+,60+,61+,62+,66+,67-,68+,69-,70+/m1/s1. The van der Waals surface area contributed by atoms with Crippen LogP contribution >= 0.6 is 0 Å². The average Bonchev–Trinajstić information content (AvgIpc) is 1.54. The number of esters is 1. The fraction of sp³-hybridized carbons (Fsp3) is 0.986. The van der Waals surface area contributed by atoms with Gasteiger partial charge in [0.05, 0.1) is 58.5 Å². The largest absolute Gasteiger partial charge is 0.458 e. The van der Waals surface area contributed by atoms with Crippen molar-refractivity contribution in [2.45, 2.75) is 333 Å². The summed E-state index contributed by atoms with van der Waals surface area (Å²) in [6, 6.07) is 0. The first-order valence-electron chi connectivity index (χ1n) is 37.6. The highest BCUT2D eigenvalue weighted by Crippen LogP contribution is 2.81. The predicted molar refractivity (Wildman–Crippen MR) is 348 cm³/mol. The van der Waals surface area contributed by atoms with Crippen LogP contribution in [0.15, 0.2) is 0 Å². The van der Waals surface area contributed by atoms with Crippen LogP contribution in [0.2, 0.25) is 0 Å². The molecule has 21 N–H and O–H groups in total. The smallest absolute Gasteiger partial charge is 0.315 e. The Hall–Kier alpha value is -1.93. The molecule has 616 valence electrons. The summed E-state index contributed by atoms with van der Waals surface area (Å²) in [5, 5.41) is 234. The molecule has 0 aromatic heterocycles. The third kappa shape index (κ3) is 13.6. The van der Waals surface area contributed by atoms with Crippen LogP contribution in [-0.4, -0.2) is 380 Å². The lowest BCUT2D eigenvalue weighted by Gasteiger charge is -2.74. The quantitative estimate of drug-likeness (QED) is 0.0422. The molecule has 0 aromatic rings. The summed E-state index contributed by atoms with van der Waals surface area (Å²) in [7, 11) is 0. The molecule has 2 bridgehead atoms. The Kier molecular flexibility index (Phi) is 24.0. The number of carbonyl (C=O) groups excluding carboxylic acids is 1. The number of rotatable bonds is 19. The Bertz CT molecular complexity index is 3030. The SMILES string of the molecule is CC1(C)CC[C@]23C(=O)O[C@@]4(CC[C@@H]5[C@@]6(C)CC[C@H](O[C@@H]7OC[C@H](O[C@@H]8O[C@H](CO)[C@@H](O)[C@H](O[C@@H]9O[C@H](CO)[C@@H](O[C@@H]%10O[C@H](CO)[C@@H](O)[C@H](O)[C@H]%10O)[C@H](O[C@@H]%10O[C@H](CO)[C@@H](O)[C@H](O)[C@H]%10O)[C@H]9O)[C@H]8O[C@@H]8OC[C@@H](O)[C@H](O)[C@H]8O)[C@H](O)[C@H]7O[C@@H]7O[C@H](CO)[C@@H](O)[C@H](O)[C@H]7O)C(C)(C)[C@@H]6CC[C@@]5(C)[C@]4(C)CC2O)[C@@H]3C1. The molecule has 1 unspecified atom stereocenters. The van der Waals surface area contributed by atoms with Crippen molar-refractivity contribution in [3.63, 3.8) is 0 Å². The van der Waals surface area contributed by atoms with Gasteiger partial charge in [0.15, 0.2) is 44.0 Å². The minimum atomic E-state index is -2.41. The van der Waals surface area contributed by atoms with E-state index in [0.717, 1.165) is 25.7 Å². The highest BCUT2D eigenvalue weighted by molar-refractivity contribution is 5.82. The molecule has 8 heterocycles. The van der Waals surface area contributed by atoms with Gasteiger partial charge in [0.2, 0.25) is 0 Å². The topological polar surface area (TPSA) is 580 Å². The molecule has 5 saturated carbocycles. The van der Waals surface area contributed by atoms with Crippen LogP contribution in [-0.2, 0) is 75.8 Å². The van der Waals surface area contributed by atoms with Crippen molar-refractivity contribution in [2.24, 2.45) is 50.2 Å². The minimum absolute atomic E-state index is 0.0329. The molecule has 8 aliphatic heterocycles. The molecule has 0 radical (unpaired) electrons. The number of hydrogen-bond acceptors (Lipinski definition) is 37. The van der Waals surface area contributed by atoms with Crippen molar-refractivity contribution in [1.29, 1.82) is 0 Å². The Labute approximate surface area is 616 Å². The van der Waals surface area contributed by atoms with Gasteiger partial charge in [-0.05, 0) is 97.7 Å². The average molecular weight is 1550 g/mol. The van der Waals surface area contributed by atoms with Gasteiger partial charge in [0.1, 0.15) is 170 Å². The first-order chi connectivity index (χ1) is 50.4. The first-order valence-corrected chi connectivity index (χ1v) is 37.6. The van der Waals surface area contributed by atoms with Gasteiger partial charge in [-0.1, -0.05) is 48.5 Å². The van der Waals surface area contributed by atoms with Gasteiger partial charge >= 0.3 is 5.97 Å². The lowest BCUT2D eigenvalue weighted by Crippen LogP contribution is -2.74. The predicted octanol–water partition coefficient (Wildman–Crippen LogP) is -8.07. The maximum absolute atomic E-state index is 14.4. The van der Waals surface area contributed by atoms with Crippen LogP contribution in [0.4, 0.5) is 0 Å². The van der Waals surface area contributed by atoms with E-state index in [9.17, 15) is 112 Å². The lowest BCUT2D eigenvalue weighted by molar-refractivity contribution is -0.414. The van der Waals surface area contributed by atoms with E-state index in [1.165, 1.54) is 0 Å². The van der Waals surface area contributed by atoms with Crippen LogP contribution in [0.1, 0.15) is 113 Å². The molecule has 8 saturated heterocycles. The monoisotopic (exact) mass is 1550 g/mol. The van der Waals surface area contributed by atoms with Gasteiger partial charge in [-0.15, -0.1) is 0 Å². The second-order valence-corrected chi connectivity index (χ2v) is 34.5. The summed E-state index contributed by atoms with van der Waals surface area (Å²) < 4.78 is 93.1. The van der Waals surface area contributed by atoms with E-state index in [0.29, 0.717) is 38.5 Å². The minimum Gasteiger partial charge on any atom is -0.458 e. The van der Waals surface area contributed by atoms with Crippen molar-refractivity contribution < 1.29 is 183 Å². The van der Waals surface area contributed by atoms with E-state index in [4.69, 9.17) is 71.1 Å². The molecule has 13 rings (SSSR count). The zero-order valence-electron chi connectivity index (χ0n) is 60.9. The Balaban J connectivity index is 0.793. The van der Waals surface area contributed by atoms with Crippen LogP contribution in [0.3, 0.4) is 0 Å². The molecule has 13 fully saturated rings. The van der Waals surface area contributed by atoms with Crippen molar-refractivity contribution in [2.75, 3.05) is 46.2 Å². The number of aliphatic hydroxyl groups is 21. The van der Waals surface area contributed by atoms with Crippen molar-refractivity contribution in [3.8, 4) is 0 Å². The second kappa shape index (κ2) is 30.9. The van der Waals surface area contributed by atoms with Gasteiger partial charge in [0, 0.05) is 11.3 Å². The van der Waals surface area contributed by atoms with Gasteiger partial charge in [-0.25, -0.2) is 0 Å². The summed E-state index contributed by atoms with van der Waals surface area (Å²) in [4.78, 5) is 14.4. The maximum atomic E-state index is 14.4. The molecular weight excluding hydrogens is 1430 g/mol. The van der Waals surface area contributed by atoms with E-state index in [2.05, 4.69) is 48.5 Å². The molecule has 1 spiro atoms. The molecule has 13 aliphatic rings. The van der Waals surface area contributed by atoms with E-state index in [1.54, 1.807) is 0 Å². The van der Waals surface area contributed by atoms with Gasteiger partial charge in [0.25, 0.3) is 0 Å². The molecule has 37 nitrogen and oxygen atoms in total. The van der Waals surface area contributed by atoms with Gasteiger partial charge in [-0.3, -0.25) is 4.79 Å². The molecule has 107 heavy (non-hydrogen) atoms. The van der Waals surface area contributed by atoms with Crippen molar-refractivity contribution in [1.82, 2.24) is 0 Å². The summed E-state index contributed by atoms with van der Waals surface area (Å²) in [5.74, 6) is -0.370. The van der Waals surface area contributed by atoms with Gasteiger partial charge in [-0.2, -0.15) is 0 Å². The number of carbonyl (C=O) groups is 1. The molecule has 0 amide bonds. The second-order valence-electron chi connectivity index (χ2n) is 34.5. The fourth-order valence-corrected chi connectivity index (χ4v) is 21.8. The van der Waals surface area contributed by atoms with E-state index >= 15 is 0 Å². The summed E-state index contributed by atoms with van der Waals surface area (Å²) in [6.45, 7) is 9.14. The lowest BCUT2D eigenvalue weighted by atomic mass is 9.30. The molecule has 43 atom stereocenters. The van der Waals surface area contributed by atoms with Crippen LogP contribution < -0.4 is 0 Å². The number of aliphatic hydroxyl groups excluding tert-OH is 21. The highest BCUT2D eigenvalue weighted by atomic mass is 16.8. The Morgan fingerprint density at radius 3 is 1.40 bits per heavy atom. The van der Waals surface area contributed by atoms with E-state index in [-0.39, 0.29) is 34.6 Å². The summed E-state index contributed by atoms with van der Waals surface area (Å²) in [6.07, 6.45) is -60.6. The third-order valence-electron chi connectivity index (χ3n) is 28.1. The van der Waals surface area contributed by atoms with Crippen LogP contribution in [0, 0.1) is 50.2 Å². The van der Waals surface area contributed by atoms with Crippen molar-refractivity contribution in [3.05, 3.63) is 0 Å². The normalized spacial score (nSPS) is 56.0. The first kappa shape index (κ1) is 83.0. The van der Waals surface area contributed by atoms with E-state index in [1.807, 2.05) is 0 Å². The molecule has 37 heteroatoms. The number of hydrogen-bond donors (Lipinski definition) is 21. The van der Waals surface area contributed by atoms with Crippen molar-refractivity contribution >= 4 is 5.97 Å². The van der Waals surface area contributed by atoms with Crippen LogP contribution in [0.25, 0.3) is 0 Å². The number of fused-ring (bicyclic) bond motifs is 4. The zero-order valence-corrected chi connectivity index (χ0v) is 60.9. The highest BCUT2D eigenvalue weighted by Gasteiger charge is 2.83. The fourth-order valence-electron chi connectivity index (χ4n) is 21.8. The molecule has 0 aromatic carbocycles. The maximum Gasteiger partial charge on any atom is 0.315 e.